The summed E-state index contributed by atoms with van der Waals surface area (Å²) in [5.41, 5.74) is -0.166. The minimum atomic E-state index is -0.864. The summed E-state index contributed by atoms with van der Waals surface area (Å²) in [6.07, 6.45) is 3.14. The van der Waals surface area contributed by atoms with E-state index in [1.54, 1.807) is 13.2 Å². The molecule has 19 heavy (non-hydrogen) atoms. The summed E-state index contributed by atoms with van der Waals surface area (Å²) in [4.78, 5) is 11.8. The van der Waals surface area contributed by atoms with Gasteiger partial charge in [0.1, 0.15) is 11.5 Å². The van der Waals surface area contributed by atoms with Crippen molar-refractivity contribution in [1.29, 1.82) is 0 Å². The van der Waals surface area contributed by atoms with Gasteiger partial charge in [-0.05, 0) is 31.9 Å². The highest BCUT2D eigenvalue weighted by molar-refractivity contribution is 5.84. The summed E-state index contributed by atoms with van der Waals surface area (Å²) in [6.45, 7) is 2.40. The van der Waals surface area contributed by atoms with E-state index in [0.29, 0.717) is 36.5 Å². The van der Waals surface area contributed by atoms with Gasteiger partial charge in [-0.1, -0.05) is 18.9 Å². The molecular formula is C15H20O4. The molecule has 104 valence electrons. The highest BCUT2D eigenvalue weighted by Crippen LogP contribution is 2.48. The Morgan fingerprint density at radius 1 is 1.32 bits per heavy atom. The number of hydrogen-bond donors (Lipinski definition) is 1. The molecule has 4 nitrogen and oxygen atoms in total. The third-order valence-electron chi connectivity index (χ3n) is 3.85. The van der Waals surface area contributed by atoms with Gasteiger partial charge in [0.2, 0.25) is 0 Å². The third-order valence-corrected chi connectivity index (χ3v) is 3.85. The molecule has 0 radical (unpaired) electrons. The molecular weight excluding hydrogens is 244 g/mol. The molecule has 0 unspecified atom stereocenters. The van der Waals surface area contributed by atoms with Gasteiger partial charge in [0.15, 0.2) is 0 Å². The van der Waals surface area contributed by atoms with Crippen LogP contribution in [0.4, 0.5) is 0 Å². The second kappa shape index (κ2) is 5.51. The zero-order valence-corrected chi connectivity index (χ0v) is 11.4. The van der Waals surface area contributed by atoms with E-state index < -0.39 is 11.4 Å². The third kappa shape index (κ3) is 2.27. The van der Waals surface area contributed by atoms with Crippen molar-refractivity contribution in [2.24, 2.45) is 0 Å². The fraction of sp³-hybridized carbons (Fsp3) is 0.533. The lowest BCUT2D eigenvalue weighted by atomic mass is 9.78. The van der Waals surface area contributed by atoms with E-state index in [9.17, 15) is 9.90 Å². The minimum absolute atomic E-state index is 0.510. The Morgan fingerprint density at radius 2 is 1.95 bits per heavy atom. The smallest absolute Gasteiger partial charge is 0.314 e. The summed E-state index contributed by atoms with van der Waals surface area (Å²) in [6, 6.07) is 5.46. The van der Waals surface area contributed by atoms with Gasteiger partial charge in [-0.25, -0.2) is 0 Å². The van der Waals surface area contributed by atoms with Gasteiger partial charge in [0.25, 0.3) is 0 Å². The average molecular weight is 264 g/mol. The number of rotatable bonds is 5. The Morgan fingerprint density at radius 3 is 2.47 bits per heavy atom. The number of hydrogen-bond acceptors (Lipinski definition) is 3. The van der Waals surface area contributed by atoms with E-state index in [2.05, 4.69) is 0 Å². The van der Waals surface area contributed by atoms with Gasteiger partial charge in [0, 0.05) is 0 Å². The molecule has 1 aromatic rings. The number of ether oxygens (including phenoxy) is 2. The van der Waals surface area contributed by atoms with Crippen molar-refractivity contribution < 1.29 is 19.4 Å². The van der Waals surface area contributed by atoms with Gasteiger partial charge in [0.05, 0.1) is 24.7 Å². The van der Waals surface area contributed by atoms with Crippen molar-refractivity contribution in [2.75, 3.05) is 13.7 Å². The maximum Gasteiger partial charge on any atom is 0.314 e. The predicted molar refractivity (Wildman–Crippen MR) is 71.9 cm³/mol. The molecule has 1 aliphatic carbocycles. The molecule has 2 rings (SSSR count). The van der Waals surface area contributed by atoms with Crippen LogP contribution < -0.4 is 9.47 Å². The molecule has 0 spiro atoms. The summed E-state index contributed by atoms with van der Waals surface area (Å²) in [7, 11) is 1.57. The first kappa shape index (κ1) is 13.7. The van der Waals surface area contributed by atoms with Crippen molar-refractivity contribution in [2.45, 2.75) is 38.0 Å². The van der Waals surface area contributed by atoms with Crippen molar-refractivity contribution in [3.05, 3.63) is 23.8 Å². The van der Waals surface area contributed by atoms with E-state index in [0.717, 1.165) is 12.8 Å². The molecule has 1 aromatic carbocycles. The number of carboxylic acids is 1. The number of aliphatic carboxylic acids is 1. The van der Waals surface area contributed by atoms with Crippen LogP contribution in [-0.2, 0) is 10.2 Å². The highest BCUT2D eigenvalue weighted by atomic mass is 16.5. The molecule has 0 heterocycles. The molecule has 0 aliphatic heterocycles. The normalized spacial score (nSPS) is 17.2. The van der Waals surface area contributed by atoms with Crippen molar-refractivity contribution in [3.8, 4) is 11.5 Å². The Kier molecular flexibility index (Phi) is 3.98. The maximum atomic E-state index is 11.8. The second-order valence-electron chi connectivity index (χ2n) is 4.86. The summed E-state index contributed by atoms with van der Waals surface area (Å²) < 4.78 is 11.0. The lowest BCUT2D eigenvalue weighted by Gasteiger charge is -2.28. The Hall–Kier alpha value is -1.71. The molecule has 1 aliphatic rings. The van der Waals surface area contributed by atoms with Gasteiger partial charge < -0.3 is 14.6 Å². The van der Waals surface area contributed by atoms with E-state index in [-0.39, 0.29) is 0 Å². The van der Waals surface area contributed by atoms with Gasteiger partial charge in [-0.3, -0.25) is 4.79 Å². The lowest BCUT2D eigenvalue weighted by molar-refractivity contribution is -0.143. The molecule has 1 fully saturated rings. The van der Waals surface area contributed by atoms with Crippen LogP contribution in [-0.4, -0.2) is 24.8 Å². The number of benzene rings is 1. The van der Waals surface area contributed by atoms with Crippen LogP contribution in [0.15, 0.2) is 18.2 Å². The first-order valence-corrected chi connectivity index (χ1v) is 6.69. The molecule has 0 saturated heterocycles. The van der Waals surface area contributed by atoms with Crippen LogP contribution in [0.25, 0.3) is 0 Å². The fourth-order valence-corrected chi connectivity index (χ4v) is 2.98. The van der Waals surface area contributed by atoms with E-state index in [1.165, 1.54) is 0 Å². The summed E-state index contributed by atoms with van der Waals surface area (Å²) in [5.74, 6) is 0.455. The second-order valence-corrected chi connectivity index (χ2v) is 4.86. The van der Waals surface area contributed by atoms with Crippen LogP contribution in [0.5, 0.6) is 11.5 Å². The highest BCUT2D eigenvalue weighted by Gasteiger charge is 2.46. The van der Waals surface area contributed by atoms with Gasteiger partial charge >= 0.3 is 5.97 Å². The summed E-state index contributed by atoms with van der Waals surface area (Å²) in [5, 5.41) is 9.72. The largest absolute Gasteiger partial charge is 0.496 e. The predicted octanol–water partition coefficient (Wildman–Crippen LogP) is 2.99. The quantitative estimate of drug-likeness (QED) is 0.888. The SMILES string of the molecule is CCOc1cccc(OC)c1C1(C(=O)O)CCCC1. The van der Waals surface area contributed by atoms with Crippen LogP contribution >= 0.6 is 0 Å². The number of carboxylic acid groups (broad SMARTS) is 1. The van der Waals surface area contributed by atoms with Crippen molar-refractivity contribution in [1.82, 2.24) is 0 Å². The standard InChI is InChI=1S/C15H20O4/c1-3-19-12-8-6-7-11(18-2)13(12)15(14(16)17)9-4-5-10-15/h6-8H,3-5,9-10H2,1-2H3,(H,16,17). The van der Waals surface area contributed by atoms with Crippen LogP contribution in [0.3, 0.4) is 0 Å². The molecule has 0 aromatic heterocycles. The van der Waals surface area contributed by atoms with Gasteiger partial charge in [-0.2, -0.15) is 0 Å². The average Bonchev–Trinajstić information content (AvgIpc) is 2.89. The minimum Gasteiger partial charge on any atom is -0.496 e. The van der Waals surface area contributed by atoms with Gasteiger partial charge in [-0.15, -0.1) is 0 Å². The molecule has 0 bridgehead atoms. The van der Waals surface area contributed by atoms with Crippen molar-refractivity contribution in [3.63, 3.8) is 0 Å². The first-order valence-electron chi connectivity index (χ1n) is 6.69. The number of carbonyl (C=O) groups is 1. The molecule has 0 atom stereocenters. The summed E-state index contributed by atoms with van der Waals surface area (Å²) >= 11 is 0. The molecule has 4 heteroatoms. The Bertz CT molecular complexity index is 461. The van der Waals surface area contributed by atoms with E-state index in [4.69, 9.17) is 9.47 Å². The Balaban J connectivity index is 2.60. The topological polar surface area (TPSA) is 55.8 Å². The number of methoxy groups -OCH3 is 1. The van der Waals surface area contributed by atoms with Crippen LogP contribution in [0.1, 0.15) is 38.2 Å². The monoisotopic (exact) mass is 264 g/mol. The first-order chi connectivity index (χ1) is 9.15. The van der Waals surface area contributed by atoms with Crippen LogP contribution in [0, 0.1) is 0 Å². The molecule has 1 N–H and O–H groups in total. The van der Waals surface area contributed by atoms with Crippen molar-refractivity contribution >= 4 is 5.97 Å². The van der Waals surface area contributed by atoms with Crippen LogP contribution in [0.2, 0.25) is 0 Å². The lowest BCUT2D eigenvalue weighted by Crippen LogP contribution is -2.33. The molecule has 0 amide bonds. The maximum absolute atomic E-state index is 11.8. The van der Waals surface area contributed by atoms with E-state index >= 15 is 0 Å². The fourth-order valence-electron chi connectivity index (χ4n) is 2.98. The zero-order valence-electron chi connectivity index (χ0n) is 11.4. The van der Waals surface area contributed by atoms with E-state index in [1.807, 2.05) is 19.1 Å². The molecule has 1 saturated carbocycles. The zero-order chi connectivity index (χ0) is 13.9. The Labute approximate surface area is 113 Å².